The maximum absolute atomic E-state index is 12.9. The molecule has 0 atom stereocenters. The van der Waals surface area contributed by atoms with Crippen LogP contribution in [0.2, 0.25) is 0 Å². The van der Waals surface area contributed by atoms with E-state index in [1.807, 2.05) is 0 Å². The van der Waals surface area contributed by atoms with Crippen LogP contribution >= 0.6 is 0 Å². The summed E-state index contributed by atoms with van der Waals surface area (Å²) in [6, 6.07) is 10.3. The Balaban J connectivity index is 1.77. The van der Waals surface area contributed by atoms with Crippen LogP contribution in [0.15, 0.2) is 65.6 Å². The molecule has 9 nitrogen and oxygen atoms in total. The molecule has 3 rings (SSSR count). The smallest absolute Gasteiger partial charge is 0.416 e. The Labute approximate surface area is 191 Å². The first-order valence-corrected chi connectivity index (χ1v) is 10.9. The molecule has 178 valence electrons. The second kappa shape index (κ2) is 9.02. The van der Waals surface area contributed by atoms with Crippen LogP contribution in [-0.2, 0) is 16.2 Å². The number of hydrogen-bond acceptors (Lipinski definition) is 6. The van der Waals surface area contributed by atoms with Gasteiger partial charge in [-0.25, -0.2) is 8.42 Å². The number of benzene rings is 3. The van der Waals surface area contributed by atoms with Gasteiger partial charge in [0.25, 0.3) is 21.6 Å². The molecule has 0 radical (unpaired) electrons. The van der Waals surface area contributed by atoms with E-state index >= 15 is 0 Å². The lowest BCUT2D eigenvalue weighted by molar-refractivity contribution is -0.385. The molecule has 0 aliphatic heterocycles. The van der Waals surface area contributed by atoms with Gasteiger partial charge in [-0.2, -0.15) is 13.2 Å². The van der Waals surface area contributed by atoms with E-state index in [2.05, 4.69) is 10.0 Å². The van der Waals surface area contributed by atoms with Crippen molar-refractivity contribution in [2.24, 2.45) is 0 Å². The van der Waals surface area contributed by atoms with Gasteiger partial charge in [-0.05, 0) is 55.5 Å². The highest BCUT2D eigenvalue weighted by molar-refractivity contribution is 7.92. The normalized spacial score (nSPS) is 11.6. The van der Waals surface area contributed by atoms with Crippen LogP contribution in [0.5, 0.6) is 5.75 Å². The lowest BCUT2D eigenvalue weighted by Crippen LogP contribution is -2.15. The number of carbonyl (C=O) groups excluding carboxylic acids is 1. The molecule has 3 aromatic rings. The van der Waals surface area contributed by atoms with Gasteiger partial charge >= 0.3 is 6.18 Å². The fourth-order valence-electron chi connectivity index (χ4n) is 2.86. The highest BCUT2D eigenvalue weighted by Crippen LogP contribution is 2.34. The van der Waals surface area contributed by atoms with Crippen molar-refractivity contribution >= 4 is 33.0 Å². The molecule has 0 heterocycles. The number of nitrogens with one attached hydrogen (secondary N) is 2. The molecule has 0 saturated heterocycles. The molecule has 0 spiro atoms. The monoisotopic (exact) mass is 495 g/mol. The SMILES string of the molecule is Cc1ccc(S(=O)(=O)Nc2ccc(C(=O)Nc3cc(C(F)(F)F)ccc3O)cc2)cc1[N+](=O)[O-]. The minimum Gasteiger partial charge on any atom is -0.506 e. The number of phenolic OH excluding ortho intramolecular Hbond substituents is 1. The molecule has 0 saturated carbocycles. The van der Waals surface area contributed by atoms with Crippen molar-refractivity contribution in [1.82, 2.24) is 0 Å². The number of nitro groups is 1. The summed E-state index contributed by atoms with van der Waals surface area (Å²) in [5.74, 6) is -1.42. The van der Waals surface area contributed by atoms with E-state index in [9.17, 15) is 41.6 Å². The quantitative estimate of drug-likeness (QED) is 0.258. The molecule has 0 aliphatic rings. The standard InChI is InChI=1S/C21H16F3N3O6S/c1-12-2-8-16(11-18(12)27(30)31)34(32,33)26-15-6-3-13(4-7-15)20(29)25-17-10-14(21(22,23)24)5-9-19(17)28/h2-11,26,28H,1H3,(H,25,29). The van der Waals surface area contributed by atoms with E-state index in [1.165, 1.54) is 43.3 Å². The first-order chi connectivity index (χ1) is 15.8. The van der Waals surface area contributed by atoms with Crippen molar-refractivity contribution in [2.45, 2.75) is 18.0 Å². The Kier molecular flexibility index (Phi) is 6.50. The van der Waals surface area contributed by atoms with Crippen molar-refractivity contribution < 1.29 is 36.4 Å². The van der Waals surface area contributed by atoms with Crippen molar-refractivity contribution in [3.8, 4) is 5.75 Å². The second-order valence-corrected chi connectivity index (χ2v) is 8.75. The number of amides is 1. The molecular formula is C21H16F3N3O6S. The molecule has 0 fully saturated rings. The molecule has 0 unspecified atom stereocenters. The molecule has 34 heavy (non-hydrogen) atoms. The number of aryl methyl sites for hydroxylation is 1. The zero-order valence-corrected chi connectivity index (χ0v) is 18.1. The van der Waals surface area contributed by atoms with E-state index in [1.54, 1.807) is 0 Å². The molecule has 13 heteroatoms. The van der Waals surface area contributed by atoms with Crippen LogP contribution in [0, 0.1) is 17.0 Å². The molecule has 0 bridgehead atoms. The number of phenols is 1. The number of carbonyl (C=O) groups is 1. The minimum absolute atomic E-state index is 0.0293. The summed E-state index contributed by atoms with van der Waals surface area (Å²) in [6.07, 6.45) is -4.68. The summed E-state index contributed by atoms with van der Waals surface area (Å²) in [6.45, 7) is 1.46. The lowest BCUT2D eigenvalue weighted by atomic mass is 10.1. The average Bonchev–Trinajstić information content (AvgIpc) is 2.74. The minimum atomic E-state index is -4.68. The van der Waals surface area contributed by atoms with Crippen LogP contribution in [-0.4, -0.2) is 24.4 Å². The van der Waals surface area contributed by atoms with E-state index in [-0.39, 0.29) is 27.4 Å². The maximum atomic E-state index is 12.9. The number of halogens is 3. The van der Waals surface area contributed by atoms with Crippen molar-refractivity contribution in [3.63, 3.8) is 0 Å². The molecular weight excluding hydrogens is 479 g/mol. The number of nitrogens with zero attached hydrogens (tertiary/aromatic N) is 1. The van der Waals surface area contributed by atoms with Gasteiger partial charge in [0.1, 0.15) is 5.75 Å². The third kappa shape index (κ3) is 5.43. The number of sulfonamides is 1. The van der Waals surface area contributed by atoms with Gasteiger partial charge < -0.3 is 10.4 Å². The highest BCUT2D eigenvalue weighted by Gasteiger charge is 2.31. The topological polar surface area (TPSA) is 139 Å². The molecule has 3 aromatic carbocycles. The Morgan fingerprint density at radius 3 is 2.26 bits per heavy atom. The van der Waals surface area contributed by atoms with Gasteiger partial charge in [0, 0.05) is 22.9 Å². The average molecular weight is 495 g/mol. The number of rotatable bonds is 6. The third-order valence-corrected chi connectivity index (χ3v) is 6.04. The number of aromatic hydroxyl groups is 1. The summed E-state index contributed by atoms with van der Waals surface area (Å²) in [4.78, 5) is 22.4. The Morgan fingerprint density at radius 2 is 1.68 bits per heavy atom. The zero-order valence-electron chi connectivity index (χ0n) is 17.3. The summed E-state index contributed by atoms with van der Waals surface area (Å²) in [7, 11) is -4.19. The molecule has 0 aliphatic carbocycles. The third-order valence-electron chi connectivity index (χ3n) is 4.66. The Hall–Kier alpha value is -4.13. The number of nitro benzene ring substituents is 1. The van der Waals surface area contributed by atoms with Gasteiger partial charge in [-0.3, -0.25) is 19.6 Å². The molecule has 3 N–H and O–H groups in total. The van der Waals surface area contributed by atoms with Crippen molar-refractivity contribution in [2.75, 3.05) is 10.0 Å². The predicted octanol–water partition coefficient (Wildman–Crippen LogP) is 4.68. The summed E-state index contributed by atoms with van der Waals surface area (Å²) in [5, 5.41) is 23.0. The van der Waals surface area contributed by atoms with Gasteiger partial charge in [0.2, 0.25) is 0 Å². The van der Waals surface area contributed by atoms with E-state index in [4.69, 9.17) is 0 Å². The van der Waals surface area contributed by atoms with Crippen LogP contribution in [0.25, 0.3) is 0 Å². The summed E-state index contributed by atoms with van der Waals surface area (Å²) in [5.41, 5.74) is -1.61. The summed E-state index contributed by atoms with van der Waals surface area (Å²) < 4.78 is 65.9. The van der Waals surface area contributed by atoms with Gasteiger partial charge in [0.15, 0.2) is 0 Å². The number of anilines is 2. The summed E-state index contributed by atoms with van der Waals surface area (Å²) >= 11 is 0. The largest absolute Gasteiger partial charge is 0.506 e. The second-order valence-electron chi connectivity index (χ2n) is 7.07. The predicted molar refractivity (Wildman–Crippen MR) is 116 cm³/mol. The maximum Gasteiger partial charge on any atom is 0.416 e. The fraction of sp³-hybridized carbons (Fsp3) is 0.0952. The van der Waals surface area contributed by atoms with E-state index < -0.39 is 44.0 Å². The first-order valence-electron chi connectivity index (χ1n) is 9.37. The zero-order chi connectivity index (χ0) is 25.3. The highest BCUT2D eigenvalue weighted by atomic mass is 32.2. The van der Waals surface area contributed by atoms with E-state index in [0.29, 0.717) is 12.1 Å². The van der Waals surface area contributed by atoms with Gasteiger partial charge in [0.05, 0.1) is 21.1 Å². The molecule has 1 amide bonds. The molecule has 0 aromatic heterocycles. The van der Waals surface area contributed by atoms with Crippen LogP contribution in [0.4, 0.5) is 30.2 Å². The van der Waals surface area contributed by atoms with Crippen LogP contribution in [0.1, 0.15) is 21.5 Å². The van der Waals surface area contributed by atoms with Crippen LogP contribution in [0.3, 0.4) is 0 Å². The Morgan fingerprint density at radius 1 is 1.03 bits per heavy atom. The lowest BCUT2D eigenvalue weighted by Gasteiger charge is -2.12. The van der Waals surface area contributed by atoms with Gasteiger partial charge in [-0.15, -0.1) is 0 Å². The first kappa shape index (κ1) is 24.5. The fourth-order valence-corrected chi connectivity index (χ4v) is 3.94. The Bertz CT molecular complexity index is 1370. The van der Waals surface area contributed by atoms with Crippen molar-refractivity contribution in [3.05, 3.63) is 87.5 Å². The van der Waals surface area contributed by atoms with E-state index in [0.717, 1.165) is 12.1 Å². The van der Waals surface area contributed by atoms with Gasteiger partial charge in [-0.1, -0.05) is 6.07 Å². The number of alkyl halides is 3. The van der Waals surface area contributed by atoms with Crippen molar-refractivity contribution in [1.29, 1.82) is 0 Å². The number of hydrogen-bond donors (Lipinski definition) is 3. The van der Waals surface area contributed by atoms with Crippen LogP contribution < -0.4 is 10.0 Å².